The highest BCUT2D eigenvalue weighted by molar-refractivity contribution is 6.23. The zero-order valence-electron chi connectivity index (χ0n) is 10.4. The predicted molar refractivity (Wildman–Crippen MR) is 68.4 cm³/mol. The quantitative estimate of drug-likeness (QED) is 0.561. The molecule has 2 saturated heterocycles. The number of nitrogens with zero attached hydrogens (tertiary/aromatic N) is 2. The van der Waals surface area contributed by atoms with Crippen LogP contribution < -0.4 is 4.90 Å². The topological polar surface area (TPSA) is 70.4 Å². The van der Waals surface area contributed by atoms with E-state index in [-0.39, 0.29) is 24.0 Å². The molecule has 5 nitrogen and oxygen atoms in total. The molecule has 3 aliphatic heterocycles. The van der Waals surface area contributed by atoms with Crippen LogP contribution in [0.5, 0.6) is 0 Å². The second-order valence-corrected chi connectivity index (χ2v) is 5.17. The molecule has 1 aromatic rings. The Morgan fingerprint density at radius 3 is 2.05 bits per heavy atom. The molecule has 98 valence electrons. The van der Waals surface area contributed by atoms with Crippen molar-refractivity contribution in [1.29, 1.82) is 5.26 Å². The lowest BCUT2D eigenvalue weighted by Gasteiger charge is -2.17. The summed E-state index contributed by atoms with van der Waals surface area (Å²) in [4.78, 5) is 26.2. The van der Waals surface area contributed by atoms with Gasteiger partial charge in [0.1, 0.15) is 0 Å². The van der Waals surface area contributed by atoms with E-state index in [9.17, 15) is 9.59 Å². The van der Waals surface area contributed by atoms with Gasteiger partial charge in [0.25, 0.3) is 0 Å². The molecular weight excluding hydrogens is 256 g/mol. The number of nitriles is 1. The maximum absolute atomic E-state index is 12.5. The van der Waals surface area contributed by atoms with Crippen molar-refractivity contribution >= 4 is 17.5 Å². The first kappa shape index (κ1) is 11.4. The van der Waals surface area contributed by atoms with Gasteiger partial charge >= 0.3 is 0 Å². The maximum atomic E-state index is 12.5. The monoisotopic (exact) mass is 266 g/mol. The molecule has 5 heteroatoms. The van der Waals surface area contributed by atoms with E-state index in [1.54, 1.807) is 24.3 Å². The number of carbonyl (C=O) groups is 2. The fourth-order valence-corrected chi connectivity index (χ4v) is 3.24. The molecule has 0 saturated carbocycles. The molecule has 3 aliphatic rings. The summed E-state index contributed by atoms with van der Waals surface area (Å²) in [5, 5.41) is 8.78. The Kier molecular flexibility index (Phi) is 2.15. The van der Waals surface area contributed by atoms with Crippen LogP contribution in [-0.2, 0) is 14.3 Å². The Balaban J connectivity index is 1.72. The fourth-order valence-electron chi connectivity index (χ4n) is 3.24. The van der Waals surface area contributed by atoms with Crippen molar-refractivity contribution in [1.82, 2.24) is 0 Å². The summed E-state index contributed by atoms with van der Waals surface area (Å²) in [5.74, 6) is -1.20. The number of benzene rings is 1. The SMILES string of the molecule is N#Cc1ccc(N2C(=O)[C@@H]3[C@H](C2=O)[C@@H]2C=C[C@H]3O2)cc1. The second-order valence-electron chi connectivity index (χ2n) is 5.17. The smallest absolute Gasteiger partial charge is 0.240 e. The largest absolute Gasteiger partial charge is 0.365 e. The van der Waals surface area contributed by atoms with Crippen LogP contribution in [0.25, 0.3) is 0 Å². The van der Waals surface area contributed by atoms with Crippen molar-refractivity contribution in [3.05, 3.63) is 42.0 Å². The summed E-state index contributed by atoms with van der Waals surface area (Å²) in [6.45, 7) is 0. The van der Waals surface area contributed by atoms with Gasteiger partial charge in [-0.05, 0) is 24.3 Å². The number of hydrogen-bond donors (Lipinski definition) is 0. The molecule has 2 bridgehead atoms. The minimum atomic E-state index is -0.395. The van der Waals surface area contributed by atoms with Crippen LogP contribution >= 0.6 is 0 Å². The summed E-state index contributed by atoms with van der Waals surface area (Å²) in [6.07, 6.45) is 3.17. The molecule has 4 atom stereocenters. The van der Waals surface area contributed by atoms with E-state index < -0.39 is 11.8 Å². The Morgan fingerprint density at radius 2 is 1.55 bits per heavy atom. The Labute approximate surface area is 115 Å². The zero-order chi connectivity index (χ0) is 13.9. The second kappa shape index (κ2) is 3.78. The van der Waals surface area contributed by atoms with E-state index in [0.29, 0.717) is 11.3 Å². The molecule has 0 aromatic heterocycles. The Bertz CT molecular complexity index is 656. The maximum Gasteiger partial charge on any atom is 0.240 e. The number of amides is 2. The minimum Gasteiger partial charge on any atom is -0.365 e. The molecule has 20 heavy (non-hydrogen) atoms. The first-order chi connectivity index (χ1) is 9.70. The minimum absolute atomic E-state index is 0.207. The number of fused-ring (bicyclic) bond motifs is 5. The highest BCUT2D eigenvalue weighted by Gasteiger charge is 2.60. The van der Waals surface area contributed by atoms with Crippen LogP contribution in [-0.4, -0.2) is 24.0 Å². The third-order valence-corrected chi connectivity index (χ3v) is 4.17. The van der Waals surface area contributed by atoms with Gasteiger partial charge in [-0.3, -0.25) is 9.59 Å². The molecule has 2 fully saturated rings. The van der Waals surface area contributed by atoms with Crippen LogP contribution in [0.4, 0.5) is 5.69 Å². The van der Waals surface area contributed by atoms with E-state index in [2.05, 4.69) is 0 Å². The van der Waals surface area contributed by atoms with E-state index in [1.165, 1.54) is 4.90 Å². The van der Waals surface area contributed by atoms with E-state index in [0.717, 1.165) is 0 Å². The molecule has 0 aliphatic carbocycles. The van der Waals surface area contributed by atoms with Gasteiger partial charge in [0.2, 0.25) is 11.8 Å². The van der Waals surface area contributed by atoms with Crippen LogP contribution in [0, 0.1) is 23.2 Å². The molecular formula is C15H10N2O3. The fraction of sp³-hybridized carbons (Fsp3) is 0.267. The van der Waals surface area contributed by atoms with E-state index in [4.69, 9.17) is 10.00 Å². The van der Waals surface area contributed by atoms with Crippen molar-refractivity contribution < 1.29 is 14.3 Å². The highest BCUT2D eigenvalue weighted by atomic mass is 16.5. The van der Waals surface area contributed by atoms with Crippen molar-refractivity contribution in [2.45, 2.75) is 12.2 Å². The van der Waals surface area contributed by atoms with Crippen LogP contribution in [0.3, 0.4) is 0 Å². The molecule has 3 heterocycles. The van der Waals surface area contributed by atoms with Gasteiger partial charge < -0.3 is 4.74 Å². The van der Waals surface area contributed by atoms with E-state index >= 15 is 0 Å². The number of ether oxygens (including phenoxy) is 1. The molecule has 0 unspecified atom stereocenters. The van der Waals surface area contributed by atoms with Gasteiger partial charge in [0.15, 0.2) is 0 Å². The Morgan fingerprint density at radius 1 is 1.00 bits per heavy atom. The van der Waals surface area contributed by atoms with Crippen LogP contribution in [0.1, 0.15) is 5.56 Å². The average Bonchev–Trinajstić information content (AvgIpc) is 3.14. The van der Waals surface area contributed by atoms with Crippen LogP contribution in [0.15, 0.2) is 36.4 Å². The molecule has 0 radical (unpaired) electrons. The van der Waals surface area contributed by atoms with Crippen molar-refractivity contribution in [3.8, 4) is 6.07 Å². The normalized spacial score (nSPS) is 33.6. The molecule has 2 amide bonds. The number of imide groups is 1. The zero-order valence-corrected chi connectivity index (χ0v) is 10.4. The average molecular weight is 266 g/mol. The summed E-state index contributed by atoms with van der Waals surface area (Å²) in [6, 6.07) is 8.48. The standard InChI is InChI=1S/C15H10N2O3/c16-7-8-1-3-9(4-2-8)17-14(18)12-10-5-6-11(20-10)13(12)15(17)19/h1-6,10-13H/t10-,11+,12+,13-. The summed E-state index contributed by atoms with van der Waals surface area (Å²) in [5.41, 5.74) is 1.02. The number of rotatable bonds is 1. The lowest BCUT2D eigenvalue weighted by molar-refractivity contribution is -0.124. The first-order valence-electron chi connectivity index (χ1n) is 6.42. The molecule has 1 aromatic carbocycles. The lowest BCUT2D eigenvalue weighted by Crippen LogP contribution is -2.34. The number of anilines is 1. The van der Waals surface area contributed by atoms with Gasteiger partial charge in [-0.15, -0.1) is 0 Å². The molecule has 4 rings (SSSR count). The van der Waals surface area contributed by atoms with Gasteiger partial charge in [0.05, 0.1) is 41.4 Å². The van der Waals surface area contributed by atoms with Gasteiger partial charge in [-0.1, -0.05) is 12.2 Å². The third kappa shape index (κ3) is 1.29. The molecule has 0 spiro atoms. The summed E-state index contributed by atoms with van der Waals surface area (Å²) >= 11 is 0. The number of hydrogen-bond acceptors (Lipinski definition) is 4. The predicted octanol–water partition coefficient (Wildman–Crippen LogP) is 1.00. The van der Waals surface area contributed by atoms with E-state index in [1.807, 2.05) is 18.2 Å². The van der Waals surface area contributed by atoms with Crippen LogP contribution in [0.2, 0.25) is 0 Å². The van der Waals surface area contributed by atoms with Crippen molar-refractivity contribution in [3.63, 3.8) is 0 Å². The van der Waals surface area contributed by atoms with Gasteiger partial charge in [-0.2, -0.15) is 5.26 Å². The van der Waals surface area contributed by atoms with Gasteiger partial charge in [-0.25, -0.2) is 4.90 Å². The summed E-state index contributed by atoms with van der Waals surface area (Å²) in [7, 11) is 0. The highest BCUT2D eigenvalue weighted by Crippen LogP contribution is 2.46. The summed E-state index contributed by atoms with van der Waals surface area (Å²) < 4.78 is 5.58. The number of carbonyl (C=O) groups excluding carboxylic acids is 2. The molecule has 0 N–H and O–H groups in total. The third-order valence-electron chi connectivity index (χ3n) is 4.17. The Hall–Kier alpha value is -2.45. The lowest BCUT2D eigenvalue weighted by atomic mass is 9.85. The van der Waals surface area contributed by atoms with Crippen molar-refractivity contribution in [2.75, 3.05) is 4.90 Å². The first-order valence-corrected chi connectivity index (χ1v) is 6.42. The van der Waals surface area contributed by atoms with Gasteiger partial charge in [0, 0.05) is 0 Å². The van der Waals surface area contributed by atoms with Crippen molar-refractivity contribution in [2.24, 2.45) is 11.8 Å².